The number of hydrogen-bond donors (Lipinski definition) is 0. The van der Waals surface area contributed by atoms with E-state index in [0.29, 0.717) is 25.7 Å². The van der Waals surface area contributed by atoms with Gasteiger partial charge >= 0.3 is 11.9 Å². The lowest BCUT2D eigenvalue weighted by Gasteiger charge is -2.49. The number of methoxy groups -OCH3 is 6. The molecule has 6 rings (SSSR count). The third-order valence-corrected chi connectivity index (χ3v) is 12.1. The van der Waals surface area contributed by atoms with Crippen LogP contribution in [0.5, 0.6) is 0 Å². The third-order valence-electron chi connectivity index (χ3n) is 12.1. The van der Waals surface area contributed by atoms with E-state index in [2.05, 4.69) is 6.58 Å². The number of hydrogen-bond acceptors (Lipinski definition) is 11. The average Bonchev–Trinajstić information content (AvgIpc) is 3.43. The Morgan fingerprint density at radius 3 is 2.33 bits per heavy atom. The fourth-order valence-electron chi connectivity index (χ4n) is 10.5. The zero-order valence-electron chi connectivity index (χ0n) is 25.8. The summed E-state index contributed by atoms with van der Waals surface area (Å²) >= 11 is 0. The van der Waals surface area contributed by atoms with Crippen LogP contribution in [-0.2, 0) is 52.2 Å². The van der Waals surface area contributed by atoms with Crippen molar-refractivity contribution in [2.45, 2.75) is 93.5 Å². The molecule has 236 valence electrons. The smallest absolute Gasteiger partial charge is 0.315 e. The van der Waals surface area contributed by atoms with Crippen LogP contribution in [0.3, 0.4) is 0 Å². The predicted molar refractivity (Wildman–Crippen MR) is 146 cm³/mol. The quantitative estimate of drug-likeness (QED) is 0.289. The minimum Gasteiger partial charge on any atom is -0.469 e. The molecule has 11 nitrogen and oxygen atoms in total. The molecular formula is C31H46O11. The Kier molecular flexibility index (Phi) is 7.60. The molecule has 6 fully saturated rings. The first-order chi connectivity index (χ1) is 20.1. The van der Waals surface area contributed by atoms with Crippen LogP contribution >= 0.6 is 0 Å². The van der Waals surface area contributed by atoms with Gasteiger partial charge in [0.1, 0.15) is 30.0 Å². The van der Waals surface area contributed by atoms with Crippen molar-refractivity contribution < 1.29 is 52.2 Å². The van der Waals surface area contributed by atoms with Crippen molar-refractivity contribution in [2.75, 3.05) is 49.3 Å². The van der Waals surface area contributed by atoms with Crippen molar-refractivity contribution in [3.63, 3.8) is 0 Å². The lowest BCUT2D eigenvalue weighted by Crippen LogP contribution is -2.63. The maximum absolute atomic E-state index is 14.1. The number of carbonyl (C=O) groups excluding carboxylic acids is 2. The normalized spacial score (nSPS) is 50.8. The first-order valence-corrected chi connectivity index (χ1v) is 15.0. The molecule has 0 amide bonds. The Bertz CT molecular complexity index is 1110. The molecule has 6 aliphatic rings. The molecule has 0 aromatic carbocycles. The van der Waals surface area contributed by atoms with E-state index in [1.54, 1.807) is 35.5 Å². The highest BCUT2D eigenvalue weighted by molar-refractivity contribution is 5.86. The van der Waals surface area contributed by atoms with Crippen molar-refractivity contribution in [3.05, 3.63) is 12.2 Å². The van der Waals surface area contributed by atoms with E-state index in [1.165, 1.54) is 7.11 Å². The molecule has 0 radical (unpaired) electrons. The van der Waals surface area contributed by atoms with E-state index in [-0.39, 0.29) is 24.5 Å². The van der Waals surface area contributed by atoms with Gasteiger partial charge in [0.25, 0.3) is 0 Å². The Balaban J connectivity index is 1.39. The Hall–Kier alpha value is -1.60. The van der Waals surface area contributed by atoms with E-state index >= 15 is 0 Å². The number of carbonyl (C=O) groups is 2. The summed E-state index contributed by atoms with van der Waals surface area (Å²) in [6.07, 6.45) is 0.463. The molecule has 2 heterocycles. The van der Waals surface area contributed by atoms with Gasteiger partial charge in [0.05, 0.1) is 36.8 Å². The van der Waals surface area contributed by atoms with Crippen molar-refractivity contribution in [1.29, 1.82) is 0 Å². The molecule has 2 saturated heterocycles. The molecule has 4 aliphatic carbocycles. The second kappa shape index (κ2) is 10.5. The molecule has 0 N–H and O–H groups in total. The van der Waals surface area contributed by atoms with E-state index in [1.807, 2.05) is 6.92 Å². The molecule has 11 heteroatoms. The zero-order chi connectivity index (χ0) is 30.2. The summed E-state index contributed by atoms with van der Waals surface area (Å²) in [7, 11) is 9.49. The first-order valence-electron chi connectivity index (χ1n) is 15.0. The molecule has 42 heavy (non-hydrogen) atoms. The largest absolute Gasteiger partial charge is 0.469 e. The van der Waals surface area contributed by atoms with Gasteiger partial charge in [0.15, 0.2) is 6.29 Å². The Morgan fingerprint density at radius 2 is 1.71 bits per heavy atom. The number of esters is 2. The molecule has 2 unspecified atom stereocenters. The topological polar surface area (TPSA) is 117 Å². The second-order valence-corrected chi connectivity index (χ2v) is 13.3. The highest BCUT2D eigenvalue weighted by atomic mass is 16.7. The van der Waals surface area contributed by atoms with Crippen LogP contribution in [0.4, 0.5) is 0 Å². The average molecular weight is 595 g/mol. The molecule has 4 bridgehead atoms. The van der Waals surface area contributed by atoms with Gasteiger partial charge in [0, 0.05) is 47.4 Å². The van der Waals surface area contributed by atoms with Crippen LogP contribution in [0.15, 0.2) is 12.2 Å². The van der Waals surface area contributed by atoms with Crippen LogP contribution in [0, 0.1) is 28.6 Å². The van der Waals surface area contributed by atoms with Crippen LogP contribution in [0.25, 0.3) is 0 Å². The number of ether oxygens (including phenoxy) is 9. The van der Waals surface area contributed by atoms with Crippen molar-refractivity contribution in [2.24, 2.45) is 28.6 Å². The monoisotopic (exact) mass is 594 g/mol. The first kappa shape index (κ1) is 30.4. The number of rotatable bonds is 9. The van der Waals surface area contributed by atoms with Crippen LogP contribution < -0.4 is 0 Å². The van der Waals surface area contributed by atoms with E-state index in [0.717, 1.165) is 18.4 Å². The van der Waals surface area contributed by atoms with E-state index < -0.39 is 70.7 Å². The fraction of sp³-hybridized carbons (Fsp3) is 0.871. The minimum atomic E-state index is -1.12. The highest BCUT2D eigenvalue weighted by Gasteiger charge is 2.85. The second-order valence-electron chi connectivity index (χ2n) is 13.3. The zero-order valence-corrected chi connectivity index (χ0v) is 25.8. The van der Waals surface area contributed by atoms with Crippen molar-refractivity contribution in [1.82, 2.24) is 0 Å². The van der Waals surface area contributed by atoms with Gasteiger partial charge in [0.2, 0.25) is 0 Å². The summed E-state index contributed by atoms with van der Waals surface area (Å²) in [6, 6.07) is 0. The van der Waals surface area contributed by atoms with Crippen LogP contribution in [0.1, 0.15) is 45.4 Å². The van der Waals surface area contributed by atoms with Gasteiger partial charge in [-0.2, -0.15) is 0 Å². The van der Waals surface area contributed by atoms with Gasteiger partial charge in [-0.1, -0.05) is 6.58 Å². The Labute approximate surface area is 247 Å². The third kappa shape index (κ3) is 3.71. The summed E-state index contributed by atoms with van der Waals surface area (Å²) in [5, 5.41) is 0. The van der Waals surface area contributed by atoms with Gasteiger partial charge in [-0.15, -0.1) is 0 Å². The summed E-state index contributed by atoms with van der Waals surface area (Å²) in [4.78, 5) is 27.9. The molecule has 4 saturated carbocycles. The molecule has 13 atom stereocenters. The maximum atomic E-state index is 14.1. The highest BCUT2D eigenvalue weighted by Crippen LogP contribution is 2.79. The predicted octanol–water partition coefficient (Wildman–Crippen LogP) is 2.43. The lowest BCUT2D eigenvalue weighted by molar-refractivity contribution is -0.331. The summed E-state index contributed by atoms with van der Waals surface area (Å²) in [5.74, 6) is -1.66. The van der Waals surface area contributed by atoms with Crippen molar-refractivity contribution in [3.8, 4) is 0 Å². The molecule has 2 aliphatic heterocycles. The lowest BCUT2D eigenvalue weighted by atomic mass is 9.58. The van der Waals surface area contributed by atoms with Gasteiger partial charge < -0.3 is 42.6 Å². The maximum Gasteiger partial charge on any atom is 0.315 e. The SMILES string of the molecule is C=C1C[C@]23C[C@@]1(OC)CC[C@H]2[C@@]12CC[C@H](O[C@@H]4O[C@H](COC)[C@@H](OC)[C@H](OC)[C@H]4OC)C(C)(C(=O)O1)[C@H]2C3C(=O)OC. The summed E-state index contributed by atoms with van der Waals surface area (Å²) in [5.41, 5.74) is -1.83. The van der Waals surface area contributed by atoms with Gasteiger partial charge in [-0.25, -0.2) is 0 Å². The summed E-state index contributed by atoms with van der Waals surface area (Å²) < 4.78 is 54.1. The van der Waals surface area contributed by atoms with Crippen LogP contribution in [-0.4, -0.2) is 109 Å². The number of fused-ring (bicyclic) bond motifs is 1. The van der Waals surface area contributed by atoms with E-state index in [9.17, 15) is 9.59 Å². The standard InChI is InChI=1S/C31H46O11/c1-16-13-29-15-30(16,39-8)11-9-18(29)31-12-10-19(28(2,27(33)42-31)24(31)20(29)25(32)38-7)41-26-23(37-6)22(36-5)21(35-4)17(40-26)14-34-3/h17-24,26H,1,9-15H2,2-8H3/t17-,18-,19+,20?,21-,22+,23-,24-,26+,28?,29+,30+,31-/m1/s1. The van der Waals surface area contributed by atoms with E-state index in [4.69, 9.17) is 42.6 Å². The molecule has 0 aromatic heterocycles. The van der Waals surface area contributed by atoms with Gasteiger partial charge in [-0.05, 0) is 56.4 Å². The summed E-state index contributed by atoms with van der Waals surface area (Å²) in [6.45, 7) is 6.56. The fourth-order valence-corrected chi connectivity index (χ4v) is 10.5. The minimum absolute atomic E-state index is 0.00239. The van der Waals surface area contributed by atoms with Crippen molar-refractivity contribution >= 4 is 11.9 Å². The molecular weight excluding hydrogens is 548 g/mol. The van der Waals surface area contributed by atoms with Crippen LogP contribution in [0.2, 0.25) is 0 Å². The van der Waals surface area contributed by atoms with Gasteiger partial charge in [-0.3, -0.25) is 9.59 Å². The molecule has 0 aromatic rings. The molecule has 1 spiro atoms. The Morgan fingerprint density at radius 1 is 1.00 bits per heavy atom.